The summed E-state index contributed by atoms with van der Waals surface area (Å²) in [6, 6.07) is 0. The molecule has 0 radical (unpaired) electrons. The summed E-state index contributed by atoms with van der Waals surface area (Å²) in [4.78, 5) is 0. The van der Waals surface area contributed by atoms with Gasteiger partial charge in [0.15, 0.2) is 0 Å². The summed E-state index contributed by atoms with van der Waals surface area (Å²) in [5.74, 6) is 1.32. The Labute approximate surface area is 95.3 Å². The van der Waals surface area contributed by atoms with Crippen LogP contribution in [0.2, 0.25) is 0 Å². The van der Waals surface area contributed by atoms with E-state index in [-0.39, 0.29) is 0 Å². The van der Waals surface area contributed by atoms with Gasteiger partial charge in [-0.3, -0.25) is 0 Å². The van der Waals surface area contributed by atoms with Crippen LogP contribution >= 0.6 is 0 Å². The van der Waals surface area contributed by atoms with Gasteiger partial charge < -0.3 is 9.47 Å². The molecule has 0 rings (SSSR count). The van der Waals surface area contributed by atoms with Crippen LogP contribution in [0.1, 0.15) is 53.4 Å². The predicted molar refractivity (Wildman–Crippen MR) is 64.9 cm³/mol. The Balaban J connectivity index is 3.17. The minimum atomic E-state index is 0.460. The molecule has 92 valence electrons. The van der Waals surface area contributed by atoms with Crippen molar-refractivity contribution in [3.8, 4) is 0 Å². The number of rotatable bonds is 10. The molecule has 0 spiro atoms. The van der Waals surface area contributed by atoms with Gasteiger partial charge in [0.1, 0.15) is 6.79 Å². The van der Waals surface area contributed by atoms with Gasteiger partial charge in [0.25, 0.3) is 0 Å². The normalized spacial score (nSPS) is 15.2. The molecule has 2 atom stereocenters. The van der Waals surface area contributed by atoms with Gasteiger partial charge in [-0.05, 0) is 24.7 Å². The monoisotopic (exact) mass is 216 g/mol. The Hall–Kier alpha value is -0.0800. The Kier molecular flexibility index (Phi) is 10.4. The smallest absolute Gasteiger partial charge is 0.146 e. The van der Waals surface area contributed by atoms with E-state index in [9.17, 15) is 0 Å². The standard InChI is InChI=1S/C13H28O2/c1-5-7-12(3)9-14-11-15-10-13(4)8-6-2/h12-13H,5-11H2,1-4H3. The maximum Gasteiger partial charge on any atom is 0.146 e. The van der Waals surface area contributed by atoms with Crippen molar-refractivity contribution in [1.82, 2.24) is 0 Å². The highest BCUT2D eigenvalue weighted by molar-refractivity contribution is 4.49. The first-order valence-corrected chi connectivity index (χ1v) is 6.36. The van der Waals surface area contributed by atoms with Crippen molar-refractivity contribution in [3.05, 3.63) is 0 Å². The molecule has 15 heavy (non-hydrogen) atoms. The van der Waals surface area contributed by atoms with E-state index in [1.807, 2.05) is 0 Å². The second-order valence-corrected chi connectivity index (χ2v) is 4.65. The van der Waals surface area contributed by atoms with Gasteiger partial charge in [-0.15, -0.1) is 0 Å². The molecular weight excluding hydrogens is 188 g/mol. The zero-order valence-corrected chi connectivity index (χ0v) is 10.9. The summed E-state index contributed by atoms with van der Waals surface area (Å²) in [5, 5.41) is 0. The second-order valence-electron chi connectivity index (χ2n) is 4.65. The molecule has 0 fully saturated rings. The summed E-state index contributed by atoms with van der Waals surface area (Å²) in [6.07, 6.45) is 4.95. The summed E-state index contributed by atoms with van der Waals surface area (Å²) in [6.45, 7) is 11.0. The molecule has 0 saturated heterocycles. The maximum absolute atomic E-state index is 5.45. The Morgan fingerprint density at radius 2 is 1.20 bits per heavy atom. The van der Waals surface area contributed by atoms with Crippen molar-refractivity contribution in [3.63, 3.8) is 0 Å². The zero-order valence-electron chi connectivity index (χ0n) is 10.9. The summed E-state index contributed by atoms with van der Waals surface area (Å²) < 4.78 is 10.9. The molecule has 0 N–H and O–H groups in total. The van der Waals surface area contributed by atoms with Crippen molar-refractivity contribution in [2.45, 2.75) is 53.4 Å². The van der Waals surface area contributed by atoms with E-state index in [2.05, 4.69) is 27.7 Å². The maximum atomic E-state index is 5.45. The van der Waals surface area contributed by atoms with E-state index in [0.29, 0.717) is 18.6 Å². The lowest BCUT2D eigenvalue weighted by Crippen LogP contribution is -2.12. The van der Waals surface area contributed by atoms with E-state index in [1.165, 1.54) is 25.7 Å². The van der Waals surface area contributed by atoms with Gasteiger partial charge in [-0.1, -0.05) is 40.5 Å². The average Bonchev–Trinajstić information content (AvgIpc) is 2.18. The number of ether oxygens (including phenoxy) is 2. The van der Waals surface area contributed by atoms with Gasteiger partial charge in [0.05, 0.1) is 13.2 Å². The summed E-state index contributed by atoms with van der Waals surface area (Å²) in [5.41, 5.74) is 0. The highest BCUT2D eigenvalue weighted by Gasteiger charge is 2.02. The molecule has 0 aliphatic heterocycles. The van der Waals surface area contributed by atoms with Crippen LogP contribution in [0.5, 0.6) is 0 Å². The van der Waals surface area contributed by atoms with Crippen LogP contribution in [0.15, 0.2) is 0 Å². The molecule has 2 nitrogen and oxygen atoms in total. The van der Waals surface area contributed by atoms with Crippen LogP contribution in [0.3, 0.4) is 0 Å². The highest BCUT2D eigenvalue weighted by atomic mass is 16.7. The Bertz CT molecular complexity index is 112. The predicted octanol–water partition coefficient (Wildman–Crippen LogP) is 3.85. The summed E-state index contributed by atoms with van der Waals surface area (Å²) >= 11 is 0. The average molecular weight is 216 g/mol. The fourth-order valence-electron chi connectivity index (χ4n) is 1.71. The molecule has 0 aliphatic rings. The van der Waals surface area contributed by atoms with Crippen LogP contribution in [0.4, 0.5) is 0 Å². The number of hydrogen-bond donors (Lipinski definition) is 0. The molecule has 0 amide bonds. The second kappa shape index (κ2) is 10.4. The third-order valence-electron chi connectivity index (χ3n) is 2.53. The highest BCUT2D eigenvalue weighted by Crippen LogP contribution is 2.06. The van der Waals surface area contributed by atoms with Crippen molar-refractivity contribution in [2.75, 3.05) is 20.0 Å². The molecule has 2 unspecified atom stereocenters. The van der Waals surface area contributed by atoms with E-state index in [4.69, 9.17) is 9.47 Å². The zero-order chi connectivity index (χ0) is 11.5. The van der Waals surface area contributed by atoms with Gasteiger partial charge in [-0.25, -0.2) is 0 Å². The van der Waals surface area contributed by atoms with Crippen LogP contribution < -0.4 is 0 Å². The molecule has 0 saturated carbocycles. The van der Waals surface area contributed by atoms with Crippen molar-refractivity contribution in [1.29, 1.82) is 0 Å². The van der Waals surface area contributed by atoms with Crippen LogP contribution in [-0.2, 0) is 9.47 Å². The molecule has 0 aromatic heterocycles. The van der Waals surface area contributed by atoms with Crippen molar-refractivity contribution in [2.24, 2.45) is 11.8 Å². The molecular formula is C13H28O2. The van der Waals surface area contributed by atoms with Crippen LogP contribution in [-0.4, -0.2) is 20.0 Å². The summed E-state index contributed by atoms with van der Waals surface area (Å²) in [7, 11) is 0. The SMILES string of the molecule is CCCC(C)COCOCC(C)CCC. The third kappa shape index (κ3) is 10.2. The largest absolute Gasteiger partial charge is 0.355 e. The Morgan fingerprint density at radius 1 is 0.800 bits per heavy atom. The van der Waals surface area contributed by atoms with Gasteiger partial charge in [0, 0.05) is 0 Å². The topological polar surface area (TPSA) is 18.5 Å². The fourth-order valence-corrected chi connectivity index (χ4v) is 1.71. The molecule has 0 bridgehead atoms. The minimum absolute atomic E-state index is 0.460. The van der Waals surface area contributed by atoms with E-state index >= 15 is 0 Å². The molecule has 0 heterocycles. The lowest BCUT2D eigenvalue weighted by Gasteiger charge is -2.13. The van der Waals surface area contributed by atoms with E-state index < -0.39 is 0 Å². The first-order chi connectivity index (χ1) is 7.20. The van der Waals surface area contributed by atoms with Crippen LogP contribution in [0, 0.1) is 11.8 Å². The lowest BCUT2D eigenvalue weighted by molar-refractivity contribution is -0.0725. The molecule has 0 aromatic carbocycles. The van der Waals surface area contributed by atoms with Gasteiger partial charge >= 0.3 is 0 Å². The minimum Gasteiger partial charge on any atom is -0.355 e. The molecule has 2 heteroatoms. The van der Waals surface area contributed by atoms with Crippen molar-refractivity contribution < 1.29 is 9.47 Å². The van der Waals surface area contributed by atoms with Gasteiger partial charge in [-0.2, -0.15) is 0 Å². The third-order valence-corrected chi connectivity index (χ3v) is 2.53. The van der Waals surface area contributed by atoms with Crippen LogP contribution in [0.25, 0.3) is 0 Å². The van der Waals surface area contributed by atoms with E-state index in [1.54, 1.807) is 0 Å². The quantitative estimate of drug-likeness (QED) is 0.408. The van der Waals surface area contributed by atoms with Gasteiger partial charge in [0.2, 0.25) is 0 Å². The first kappa shape index (κ1) is 14.9. The van der Waals surface area contributed by atoms with E-state index in [0.717, 1.165) is 13.2 Å². The fraction of sp³-hybridized carbons (Fsp3) is 1.00. The Morgan fingerprint density at radius 3 is 1.53 bits per heavy atom. The molecule has 0 aromatic rings. The van der Waals surface area contributed by atoms with Crippen molar-refractivity contribution >= 4 is 0 Å². The number of hydrogen-bond acceptors (Lipinski definition) is 2. The lowest BCUT2D eigenvalue weighted by atomic mass is 10.1. The molecule has 0 aliphatic carbocycles. The first-order valence-electron chi connectivity index (χ1n) is 6.36.